The number of piperidine rings is 1. The lowest BCUT2D eigenvalue weighted by atomic mass is 9.88. The highest BCUT2D eigenvalue weighted by molar-refractivity contribution is 6.19. The van der Waals surface area contributed by atoms with Crippen LogP contribution in [0.2, 0.25) is 0 Å². The van der Waals surface area contributed by atoms with Gasteiger partial charge in [0.1, 0.15) is 0 Å². The number of aromatic nitrogens is 2. The van der Waals surface area contributed by atoms with Crippen LogP contribution in [0.25, 0.3) is 44.3 Å². The number of aromatic amines is 2. The minimum atomic E-state index is -0.296. The molecule has 300 valence electrons. The number of H-pyrrole nitrogens is 2. The summed E-state index contributed by atoms with van der Waals surface area (Å²) in [7, 11) is 0. The van der Waals surface area contributed by atoms with E-state index in [-0.39, 0.29) is 48.0 Å². The van der Waals surface area contributed by atoms with E-state index in [0.29, 0.717) is 22.5 Å². The molecule has 4 aromatic carbocycles. The van der Waals surface area contributed by atoms with Gasteiger partial charge in [0.25, 0.3) is 11.8 Å². The Kier molecular flexibility index (Phi) is 11.4. The van der Waals surface area contributed by atoms with Crippen LogP contribution >= 0.6 is 12.4 Å². The maximum atomic E-state index is 12.7. The van der Waals surface area contributed by atoms with E-state index in [1.165, 1.54) is 6.42 Å². The summed E-state index contributed by atoms with van der Waals surface area (Å²) in [6.45, 7) is 0.850. The Morgan fingerprint density at radius 2 is 1.08 bits per heavy atom. The molecule has 3 aliphatic heterocycles. The topological polar surface area (TPSA) is 185 Å². The van der Waals surface area contributed by atoms with Crippen molar-refractivity contribution in [3.63, 3.8) is 0 Å². The van der Waals surface area contributed by atoms with Gasteiger partial charge in [-0.2, -0.15) is 10.2 Å². The van der Waals surface area contributed by atoms with Gasteiger partial charge in [0.05, 0.1) is 41.0 Å². The third-order valence-electron chi connectivity index (χ3n) is 11.3. The fourth-order valence-electron chi connectivity index (χ4n) is 8.49. The molecule has 2 aromatic heterocycles. The monoisotopic (exact) mass is 809 g/mol. The highest BCUT2D eigenvalue weighted by atomic mass is 35.5. The van der Waals surface area contributed by atoms with Crippen molar-refractivity contribution in [3.05, 3.63) is 107 Å². The number of nitrogens with zero attached hydrogens (tertiary/aromatic N) is 2. The minimum absolute atomic E-state index is 0. The number of carbonyl (C=O) groups is 4. The number of nitrogens with one attached hydrogen (secondary N) is 7. The molecule has 1 unspecified atom stereocenters. The molecule has 0 bridgehead atoms. The van der Waals surface area contributed by atoms with Crippen molar-refractivity contribution >= 4 is 81.6 Å². The molecule has 59 heavy (non-hydrogen) atoms. The van der Waals surface area contributed by atoms with Crippen molar-refractivity contribution in [2.45, 2.75) is 57.4 Å². The van der Waals surface area contributed by atoms with E-state index in [1.807, 2.05) is 72.8 Å². The van der Waals surface area contributed by atoms with Gasteiger partial charge < -0.3 is 25.9 Å². The molecular formula is C45H44ClN9O4. The summed E-state index contributed by atoms with van der Waals surface area (Å²) in [5.74, 6) is -0.559. The van der Waals surface area contributed by atoms with Crippen molar-refractivity contribution in [3.8, 4) is 22.5 Å². The highest BCUT2D eigenvalue weighted by Gasteiger charge is 2.27. The van der Waals surface area contributed by atoms with Gasteiger partial charge in [-0.1, -0.05) is 86.3 Å². The molecule has 7 N–H and O–H groups in total. The Labute approximate surface area is 346 Å². The molecule has 10 rings (SSSR count). The third kappa shape index (κ3) is 7.99. The molecule has 0 spiro atoms. The van der Waals surface area contributed by atoms with Gasteiger partial charge in [-0.15, -0.1) is 12.4 Å². The summed E-state index contributed by atoms with van der Waals surface area (Å²) in [4.78, 5) is 57.5. The number of hydrazone groups is 2. The van der Waals surface area contributed by atoms with E-state index in [1.54, 1.807) is 24.6 Å². The van der Waals surface area contributed by atoms with E-state index in [2.05, 4.69) is 47.0 Å². The van der Waals surface area contributed by atoms with Crippen LogP contribution in [0, 0.1) is 5.92 Å². The van der Waals surface area contributed by atoms with E-state index >= 15 is 0 Å². The Hall–Kier alpha value is -6.57. The van der Waals surface area contributed by atoms with Crippen molar-refractivity contribution in [1.82, 2.24) is 26.1 Å². The van der Waals surface area contributed by atoms with E-state index < -0.39 is 0 Å². The maximum absolute atomic E-state index is 12.7. The quantitative estimate of drug-likeness (QED) is 0.0903. The van der Waals surface area contributed by atoms with Gasteiger partial charge >= 0.3 is 0 Å². The predicted octanol–water partition coefficient (Wildman–Crippen LogP) is 7.85. The second kappa shape index (κ2) is 17.1. The van der Waals surface area contributed by atoms with Gasteiger partial charge in [0, 0.05) is 50.2 Å². The number of hydrogen-bond donors (Lipinski definition) is 7. The van der Waals surface area contributed by atoms with E-state index in [0.717, 1.165) is 107 Å². The van der Waals surface area contributed by atoms with Gasteiger partial charge in [-0.3, -0.25) is 19.2 Å². The standard InChI is InChI=1S/C23H22N4O2.C22H21N5O2.ClH/c28-22(15-9-5-2-6-10-15)25-16-11-17-20-18(13-24-27-23(17)29)21(26-19(20)12-16)14-7-3-1-4-8-14;28-21-15-10-14(25-22(29)17-8-4-5-9-23-17)11-18-19(15)16(12-24-27-21)20(26-18)13-6-2-1-3-7-13;/h1,3-4,7-8,11-13,15,26H,2,5-6,9-10H2,(H,25,28)(H,27,29);1-3,6-7,10-12,17,23,26H,4-5,8-9H2,(H,25,29)(H,27,28);1H. The van der Waals surface area contributed by atoms with Gasteiger partial charge in [-0.05, 0) is 67.6 Å². The predicted molar refractivity (Wildman–Crippen MR) is 234 cm³/mol. The Morgan fingerprint density at radius 3 is 1.58 bits per heavy atom. The number of benzene rings is 4. The van der Waals surface area contributed by atoms with E-state index in [9.17, 15) is 19.2 Å². The number of halogens is 1. The van der Waals surface area contributed by atoms with Crippen molar-refractivity contribution in [1.29, 1.82) is 0 Å². The average Bonchev–Trinajstić information content (AvgIpc) is 3.70. The van der Waals surface area contributed by atoms with Gasteiger partial charge in [-0.25, -0.2) is 10.9 Å². The zero-order valence-electron chi connectivity index (χ0n) is 32.2. The molecule has 1 saturated carbocycles. The Balaban J connectivity index is 0.000000161. The molecule has 2 fully saturated rings. The molecule has 4 aliphatic rings. The second-order valence-electron chi connectivity index (χ2n) is 15.2. The fraction of sp³-hybridized carbons (Fsp3) is 0.244. The first-order valence-electron chi connectivity index (χ1n) is 19.9. The fourth-order valence-corrected chi connectivity index (χ4v) is 8.49. The second-order valence-corrected chi connectivity index (χ2v) is 15.2. The van der Waals surface area contributed by atoms with Crippen LogP contribution in [-0.2, 0) is 9.59 Å². The molecule has 1 saturated heterocycles. The molecule has 13 nitrogen and oxygen atoms in total. The van der Waals surface area contributed by atoms with Crippen LogP contribution in [0.15, 0.2) is 95.1 Å². The maximum Gasteiger partial charge on any atom is 0.272 e. The number of carbonyl (C=O) groups excluding carboxylic acids is 4. The van der Waals surface area contributed by atoms with Crippen LogP contribution in [0.3, 0.4) is 0 Å². The summed E-state index contributed by atoms with van der Waals surface area (Å²) in [5.41, 5.74) is 14.4. The summed E-state index contributed by atoms with van der Waals surface area (Å²) in [6.07, 6.45) is 11.6. The lowest BCUT2D eigenvalue weighted by Crippen LogP contribution is -2.43. The molecule has 14 heteroatoms. The molecule has 6 aromatic rings. The first kappa shape index (κ1) is 39.3. The molecule has 1 aliphatic carbocycles. The summed E-state index contributed by atoms with van der Waals surface area (Å²) < 4.78 is 0. The number of amides is 4. The van der Waals surface area contributed by atoms with Crippen LogP contribution in [0.1, 0.15) is 83.2 Å². The summed E-state index contributed by atoms with van der Waals surface area (Å²) in [6, 6.07) is 26.9. The molecule has 0 radical (unpaired) electrons. The number of hydrogen-bond acceptors (Lipinski definition) is 7. The van der Waals surface area contributed by atoms with Crippen LogP contribution in [0.4, 0.5) is 11.4 Å². The number of rotatable bonds is 6. The molecule has 4 amide bonds. The summed E-state index contributed by atoms with van der Waals surface area (Å²) in [5, 5.41) is 19.0. The number of anilines is 2. The van der Waals surface area contributed by atoms with Crippen molar-refractivity contribution in [2.75, 3.05) is 17.2 Å². The molecule has 1 atom stereocenters. The lowest BCUT2D eigenvalue weighted by molar-refractivity contribution is -0.121. The van der Waals surface area contributed by atoms with Crippen molar-refractivity contribution in [2.24, 2.45) is 16.1 Å². The van der Waals surface area contributed by atoms with Crippen LogP contribution in [0.5, 0.6) is 0 Å². The first-order chi connectivity index (χ1) is 28.4. The first-order valence-corrected chi connectivity index (χ1v) is 19.9. The smallest absolute Gasteiger partial charge is 0.272 e. The largest absolute Gasteiger partial charge is 0.354 e. The Bertz CT molecular complexity index is 2440. The lowest BCUT2D eigenvalue weighted by Gasteiger charge is -2.22. The third-order valence-corrected chi connectivity index (χ3v) is 11.3. The normalized spacial score (nSPS) is 17.1. The van der Waals surface area contributed by atoms with Crippen molar-refractivity contribution < 1.29 is 19.2 Å². The van der Waals surface area contributed by atoms with Gasteiger partial charge in [0.15, 0.2) is 0 Å². The van der Waals surface area contributed by atoms with Crippen LogP contribution in [-0.4, -0.2) is 58.6 Å². The zero-order chi connectivity index (χ0) is 39.6. The minimum Gasteiger partial charge on any atom is -0.354 e. The van der Waals surface area contributed by atoms with Gasteiger partial charge in [0.2, 0.25) is 11.8 Å². The van der Waals surface area contributed by atoms with E-state index in [4.69, 9.17) is 0 Å². The molecule has 5 heterocycles. The highest BCUT2D eigenvalue weighted by Crippen LogP contribution is 2.36. The average molecular weight is 810 g/mol. The summed E-state index contributed by atoms with van der Waals surface area (Å²) >= 11 is 0. The van der Waals surface area contributed by atoms with Crippen LogP contribution < -0.4 is 26.8 Å². The molecular weight excluding hydrogens is 766 g/mol. The SMILES string of the molecule is Cl.O=C1NN=Cc2c(-c3ccccc3)[nH]c3cc(NC(=O)C4CCCCC4)cc1c23.O=C1NN=Cc2c(-c3ccccc3)[nH]c3cc(NC(=O)C4CCCCN4)cc1c23. The zero-order valence-corrected chi connectivity index (χ0v) is 33.0. The Morgan fingerprint density at radius 1 is 0.593 bits per heavy atom.